The molecule has 0 aliphatic heterocycles. The molecule has 106 valence electrons. The van der Waals surface area contributed by atoms with E-state index in [0.717, 1.165) is 27.5 Å². The zero-order valence-electron chi connectivity index (χ0n) is 11.8. The lowest BCUT2D eigenvalue weighted by Crippen LogP contribution is -2.03. The van der Waals surface area contributed by atoms with Crippen molar-refractivity contribution in [2.75, 3.05) is 13.4 Å². The number of para-hydroxylation sites is 1. The molecular formula is C16H19NO2S. The minimum Gasteiger partial charge on any atom is -0.496 e. The van der Waals surface area contributed by atoms with Crippen LogP contribution in [0.2, 0.25) is 0 Å². The van der Waals surface area contributed by atoms with Crippen molar-refractivity contribution in [3.63, 3.8) is 0 Å². The van der Waals surface area contributed by atoms with Crippen molar-refractivity contribution in [2.45, 2.75) is 18.0 Å². The Morgan fingerprint density at radius 3 is 2.60 bits per heavy atom. The molecule has 0 aromatic heterocycles. The van der Waals surface area contributed by atoms with E-state index in [1.165, 1.54) is 0 Å². The fraction of sp³-hybridized carbons (Fsp3) is 0.250. The van der Waals surface area contributed by atoms with Crippen LogP contribution in [0.15, 0.2) is 47.4 Å². The van der Waals surface area contributed by atoms with Crippen LogP contribution in [0.3, 0.4) is 0 Å². The molecule has 0 atom stereocenters. The molecule has 3 nitrogen and oxygen atoms in total. The Hall–Kier alpha value is -1.65. The first kappa shape index (κ1) is 14.8. The summed E-state index contributed by atoms with van der Waals surface area (Å²) in [5, 5.41) is 0. The van der Waals surface area contributed by atoms with Crippen LogP contribution >= 0.6 is 11.8 Å². The number of methoxy groups -OCH3 is 1. The van der Waals surface area contributed by atoms with Gasteiger partial charge >= 0.3 is 0 Å². The van der Waals surface area contributed by atoms with Gasteiger partial charge in [-0.05, 0) is 36.1 Å². The molecule has 0 aliphatic carbocycles. The summed E-state index contributed by atoms with van der Waals surface area (Å²) in [6.45, 7) is 0.979. The molecule has 2 aromatic rings. The van der Waals surface area contributed by atoms with Crippen LogP contribution in [0, 0.1) is 0 Å². The SMILES string of the molecule is COc1ccc(COc2ccccc2SC)cc1CN. The molecule has 0 saturated heterocycles. The molecule has 0 radical (unpaired) electrons. The summed E-state index contributed by atoms with van der Waals surface area (Å²) in [5.74, 6) is 1.73. The zero-order chi connectivity index (χ0) is 14.4. The molecule has 0 spiro atoms. The van der Waals surface area contributed by atoms with E-state index in [-0.39, 0.29) is 0 Å². The number of rotatable bonds is 6. The lowest BCUT2D eigenvalue weighted by atomic mass is 10.1. The molecule has 2 N–H and O–H groups in total. The molecule has 2 aromatic carbocycles. The van der Waals surface area contributed by atoms with Gasteiger partial charge in [0.25, 0.3) is 0 Å². The van der Waals surface area contributed by atoms with Crippen molar-refractivity contribution in [2.24, 2.45) is 5.73 Å². The van der Waals surface area contributed by atoms with Crippen molar-refractivity contribution < 1.29 is 9.47 Å². The molecule has 4 heteroatoms. The van der Waals surface area contributed by atoms with Crippen LogP contribution < -0.4 is 15.2 Å². The second kappa shape index (κ2) is 7.22. The minimum absolute atomic E-state index is 0.457. The topological polar surface area (TPSA) is 44.5 Å². The largest absolute Gasteiger partial charge is 0.496 e. The Balaban J connectivity index is 2.11. The highest BCUT2D eigenvalue weighted by Gasteiger charge is 2.05. The summed E-state index contributed by atoms with van der Waals surface area (Å²) in [6.07, 6.45) is 2.04. The van der Waals surface area contributed by atoms with Crippen LogP contribution in [0.5, 0.6) is 11.5 Å². The molecule has 20 heavy (non-hydrogen) atoms. The van der Waals surface area contributed by atoms with Gasteiger partial charge in [0, 0.05) is 17.0 Å². The monoisotopic (exact) mass is 289 g/mol. The minimum atomic E-state index is 0.457. The summed E-state index contributed by atoms with van der Waals surface area (Å²) in [5.41, 5.74) is 7.80. The fourth-order valence-corrected chi connectivity index (χ4v) is 2.52. The third-order valence-electron chi connectivity index (χ3n) is 3.03. The number of hydrogen-bond acceptors (Lipinski definition) is 4. The van der Waals surface area contributed by atoms with Gasteiger partial charge < -0.3 is 15.2 Å². The molecule has 0 bridgehead atoms. The number of nitrogens with two attached hydrogens (primary N) is 1. The van der Waals surface area contributed by atoms with Gasteiger partial charge in [-0.25, -0.2) is 0 Å². The summed E-state index contributed by atoms with van der Waals surface area (Å²) in [4.78, 5) is 1.14. The molecule has 2 rings (SSSR count). The normalized spacial score (nSPS) is 10.3. The van der Waals surface area contributed by atoms with Crippen molar-refractivity contribution in [3.05, 3.63) is 53.6 Å². The fourth-order valence-electron chi connectivity index (χ4n) is 1.98. The zero-order valence-corrected chi connectivity index (χ0v) is 12.6. The van der Waals surface area contributed by atoms with Crippen LogP contribution in [-0.2, 0) is 13.2 Å². The Kier molecular flexibility index (Phi) is 5.32. The molecule has 0 fully saturated rings. The van der Waals surface area contributed by atoms with Gasteiger partial charge in [-0.1, -0.05) is 18.2 Å². The Labute approximate surface area is 124 Å². The maximum atomic E-state index is 5.88. The standard InChI is InChI=1S/C16H19NO2S/c1-18-14-8-7-12(9-13(14)10-17)11-19-15-5-3-4-6-16(15)20-2/h3-9H,10-11,17H2,1-2H3. The van der Waals surface area contributed by atoms with Gasteiger partial charge in [0.2, 0.25) is 0 Å². The van der Waals surface area contributed by atoms with E-state index in [1.807, 2.05) is 42.7 Å². The van der Waals surface area contributed by atoms with Crippen molar-refractivity contribution in [1.82, 2.24) is 0 Å². The maximum absolute atomic E-state index is 5.88. The summed E-state index contributed by atoms with van der Waals surface area (Å²) >= 11 is 1.68. The molecule has 0 amide bonds. The highest BCUT2D eigenvalue weighted by Crippen LogP contribution is 2.28. The molecule has 0 unspecified atom stereocenters. The highest BCUT2D eigenvalue weighted by molar-refractivity contribution is 7.98. The second-order valence-corrected chi connectivity index (χ2v) is 5.14. The van der Waals surface area contributed by atoms with E-state index >= 15 is 0 Å². The second-order valence-electron chi connectivity index (χ2n) is 4.29. The number of ether oxygens (including phenoxy) is 2. The van der Waals surface area contributed by atoms with Gasteiger partial charge in [0.1, 0.15) is 18.1 Å². The maximum Gasteiger partial charge on any atom is 0.133 e. The predicted molar refractivity (Wildman–Crippen MR) is 83.4 cm³/mol. The highest BCUT2D eigenvalue weighted by atomic mass is 32.2. The molecular weight excluding hydrogens is 270 g/mol. The van der Waals surface area contributed by atoms with E-state index in [2.05, 4.69) is 6.07 Å². The van der Waals surface area contributed by atoms with Gasteiger partial charge in [-0.2, -0.15) is 0 Å². The van der Waals surface area contributed by atoms with Gasteiger partial charge in [-0.3, -0.25) is 0 Å². The summed E-state index contributed by atoms with van der Waals surface area (Å²) in [6, 6.07) is 14.0. The first-order valence-electron chi connectivity index (χ1n) is 6.40. The Morgan fingerprint density at radius 1 is 1.10 bits per heavy atom. The first-order valence-corrected chi connectivity index (χ1v) is 7.62. The predicted octanol–water partition coefficient (Wildman–Crippen LogP) is 3.45. The molecule has 0 saturated carbocycles. The Bertz CT molecular complexity index is 572. The van der Waals surface area contributed by atoms with Gasteiger partial charge in [0.05, 0.1) is 7.11 Å². The third kappa shape index (κ3) is 3.46. The smallest absolute Gasteiger partial charge is 0.133 e. The third-order valence-corrected chi connectivity index (χ3v) is 3.81. The number of benzene rings is 2. The van der Waals surface area contributed by atoms with E-state index < -0.39 is 0 Å². The number of thioether (sulfide) groups is 1. The average molecular weight is 289 g/mol. The Morgan fingerprint density at radius 2 is 1.90 bits per heavy atom. The average Bonchev–Trinajstić information content (AvgIpc) is 2.52. The van der Waals surface area contributed by atoms with Crippen molar-refractivity contribution in [1.29, 1.82) is 0 Å². The molecule has 0 heterocycles. The van der Waals surface area contributed by atoms with Crippen LogP contribution in [-0.4, -0.2) is 13.4 Å². The van der Waals surface area contributed by atoms with Crippen molar-refractivity contribution in [3.8, 4) is 11.5 Å². The van der Waals surface area contributed by atoms with Gasteiger partial charge in [0.15, 0.2) is 0 Å². The molecule has 0 aliphatic rings. The van der Waals surface area contributed by atoms with Crippen molar-refractivity contribution >= 4 is 11.8 Å². The summed E-state index contributed by atoms with van der Waals surface area (Å²) < 4.78 is 11.2. The summed E-state index contributed by atoms with van der Waals surface area (Å²) in [7, 11) is 1.65. The first-order chi connectivity index (χ1) is 9.78. The van der Waals surface area contributed by atoms with E-state index in [4.69, 9.17) is 15.2 Å². The number of hydrogen-bond donors (Lipinski definition) is 1. The van der Waals surface area contributed by atoms with Crippen LogP contribution in [0.4, 0.5) is 0 Å². The van der Waals surface area contributed by atoms with E-state index in [1.54, 1.807) is 18.9 Å². The van der Waals surface area contributed by atoms with E-state index in [9.17, 15) is 0 Å². The van der Waals surface area contributed by atoms with E-state index in [0.29, 0.717) is 13.2 Å². The van der Waals surface area contributed by atoms with Crippen LogP contribution in [0.1, 0.15) is 11.1 Å². The lowest BCUT2D eigenvalue weighted by Gasteiger charge is -2.12. The quantitative estimate of drug-likeness (QED) is 0.827. The van der Waals surface area contributed by atoms with Gasteiger partial charge in [-0.15, -0.1) is 11.8 Å². The lowest BCUT2D eigenvalue weighted by molar-refractivity contribution is 0.298. The van der Waals surface area contributed by atoms with Crippen LogP contribution in [0.25, 0.3) is 0 Å².